The summed E-state index contributed by atoms with van der Waals surface area (Å²) in [6.45, 7) is 7.69. The third kappa shape index (κ3) is 7.93. The second-order valence-corrected chi connectivity index (χ2v) is 7.03. The van der Waals surface area contributed by atoms with Gasteiger partial charge in [-0.3, -0.25) is 9.59 Å². The minimum atomic E-state index is -1.42. The predicted molar refractivity (Wildman–Crippen MR) is 120 cm³/mol. The van der Waals surface area contributed by atoms with Gasteiger partial charge in [-0.1, -0.05) is 43.7 Å². The average molecular weight is 411 g/mol. The molecule has 0 aromatic heterocycles. The number of carbonyl (C=O) groups excluding carboxylic acids is 2. The molecule has 0 N–H and O–H groups in total. The Morgan fingerprint density at radius 2 is 1.63 bits per heavy atom. The van der Waals surface area contributed by atoms with Gasteiger partial charge in [0.1, 0.15) is 0 Å². The van der Waals surface area contributed by atoms with Gasteiger partial charge >= 0.3 is 11.9 Å². The molecule has 0 unspecified atom stereocenters. The molecule has 4 nitrogen and oxygen atoms in total. The van der Waals surface area contributed by atoms with Crippen molar-refractivity contribution in [1.82, 2.24) is 0 Å². The van der Waals surface area contributed by atoms with Crippen molar-refractivity contribution in [3.63, 3.8) is 0 Å². The monoisotopic (exact) mass is 410 g/mol. The lowest BCUT2D eigenvalue weighted by Crippen LogP contribution is -2.42. The van der Waals surface area contributed by atoms with Crippen molar-refractivity contribution < 1.29 is 19.1 Å². The molecule has 30 heavy (non-hydrogen) atoms. The highest BCUT2D eigenvalue weighted by molar-refractivity contribution is 6.00. The van der Waals surface area contributed by atoms with Gasteiger partial charge in [-0.05, 0) is 63.7 Å². The maximum absolute atomic E-state index is 12.9. The fraction of sp³-hybridized carbons (Fsp3) is 0.500. The summed E-state index contributed by atoms with van der Waals surface area (Å²) < 4.78 is 10.5. The van der Waals surface area contributed by atoms with Crippen molar-refractivity contribution in [3.8, 4) is 11.8 Å². The van der Waals surface area contributed by atoms with Gasteiger partial charge in [0.05, 0.1) is 13.2 Å². The Bertz CT molecular complexity index is 771. The van der Waals surface area contributed by atoms with Gasteiger partial charge in [0.15, 0.2) is 5.41 Å². The minimum absolute atomic E-state index is 0.0879. The number of hydrogen-bond donors (Lipinski definition) is 0. The molecule has 1 rings (SSSR count). The zero-order valence-corrected chi connectivity index (χ0v) is 18.8. The van der Waals surface area contributed by atoms with E-state index < -0.39 is 17.4 Å². The Hall–Kier alpha value is -2.76. The van der Waals surface area contributed by atoms with Crippen LogP contribution < -0.4 is 0 Å². The van der Waals surface area contributed by atoms with Crippen LogP contribution in [0.15, 0.2) is 41.6 Å². The number of carbonyl (C=O) groups is 2. The van der Waals surface area contributed by atoms with E-state index in [4.69, 9.17) is 9.47 Å². The van der Waals surface area contributed by atoms with Crippen LogP contribution in [0.4, 0.5) is 0 Å². The van der Waals surface area contributed by atoms with Gasteiger partial charge < -0.3 is 9.47 Å². The molecule has 0 radical (unpaired) electrons. The van der Waals surface area contributed by atoms with E-state index in [2.05, 4.69) is 24.5 Å². The number of unbranched alkanes of at least 4 members (excludes halogenated alkanes) is 1. The topological polar surface area (TPSA) is 52.6 Å². The van der Waals surface area contributed by atoms with Crippen molar-refractivity contribution in [2.75, 3.05) is 13.2 Å². The fourth-order valence-corrected chi connectivity index (χ4v) is 3.06. The van der Waals surface area contributed by atoms with Gasteiger partial charge in [-0.25, -0.2) is 0 Å². The van der Waals surface area contributed by atoms with E-state index in [9.17, 15) is 9.59 Å². The Kier molecular flexibility index (Phi) is 12.0. The van der Waals surface area contributed by atoms with E-state index in [1.807, 2.05) is 36.4 Å². The molecule has 0 atom stereocenters. The summed E-state index contributed by atoms with van der Waals surface area (Å²) in [7, 11) is 0. The summed E-state index contributed by atoms with van der Waals surface area (Å²) >= 11 is 0. The highest BCUT2D eigenvalue weighted by Crippen LogP contribution is 2.34. The molecule has 162 valence electrons. The van der Waals surface area contributed by atoms with Gasteiger partial charge in [-0.2, -0.15) is 0 Å². The lowest BCUT2D eigenvalue weighted by Gasteiger charge is -2.27. The first-order valence-corrected chi connectivity index (χ1v) is 10.8. The molecular weight excluding hydrogens is 376 g/mol. The van der Waals surface area contributed by atoms with Crippen LogP contribution in [-0.4, -0.2) is 25.2 Å². The van der Waals surface area contributed by atoms with Crippen molar-refractivity contribution in [3.05, 3.63) is 47.2 Å². The van der Waals surface area contributed by atoms with Crippen LogP contribution in [0.5, 0.6) is 0 Å². The van der Waals surface area contributed by atoms with Crippen LogP contribution in [0.3, 0.4) is 0 Å². The third-order valence-electron chi connectivity index (χ3n) is 4.83. The quantitative estimate of drug-likeness (QED) is 0.191. The van der Waals surface area contributed by atoms with Crippen LogP contribution in [-0.2, 0) is 19.1 Å². The number of benzene rings is 1. The average Bonchev–Trinajstić information content (AvgIpc) is 2.76. The smallest absolute Gasteiger partial charge is 0.324 e. The van der Waals surface area contributed by atoms with E-state index in [-0.39, 0.29) is 26.1 Å². The number of rotatable bonds is 12. The van der Waals surface area contributed by atoms with Crippen molar-refractivity contribution >= 4 is 18.0 Å². The van der Waals surface area contributed by atoms with Gasteiger partial charge in [0, 0.05) is 6.42 Å². The molecule has 0 saturated carbocycles. The lowest BCUT2D eigenvalue weighted by molar-refractivity contribution is -0.172. The molecule has 0 aliphatic heterocycles. The first-order chi connectivity index (χ1) is 14.5. The minimum Gasteiger partial charge on any atom is -0.465 e. The van der Waals surface area contributed by atoms with E-state index in [0.29, 0.717) is 6.42 Å². The summed E-state index contributed by atoms with van der Waals surface area (Å²) in [5.74, 6) is 4.57. The van der Waals surface area contributed by atoms with Gasteiger partial charge in [-0.15, -0.1) is 17.6 Å². The van der Waals surface area contributed by atoms with E-state index in [1.54, 1.807) is 20.8 Å². The van der Waals surface area contributed by atoms with Gasteiger partial charge in [0.2, 0.25) is 0 Å². The standard InChI is InChI=1S/C26H34O4/c1-5-9-14-23(18-17-22-15-12-11-13-16-22)19-21-26(20-10-6-2,24(27)29-7-3)25(28)30-8-4/h11-13,15-17H,5,7-9,14,19-21H2,1-4H3. The molecule has 0 aliphatic carbocycles. The molecule has 1 aromatic carbocycles. The van der Waals surface area contributed by atoms with Crippen LogP contribution in [0.2, 0.25) is 0 Å². The summed E-state index contributed by atoms with van der Waals surface area (Å²) in [6, 6.07) is 9.97. The second kappa shape index (κ2) is 14.3. The SMILES string of the molecule is CC#CCC(CCC(=C=Cc1ccccc1)CCCC)(C(=O)OCC)C(=O)OCC. The Balaban J connectivity index is 3.24. The van der Waals surface area contributed by atoms with Crippen molar-refractivity contribution in [1.29, 1.82) is 0 Å². The van der Waals surface area contributed by atoms with Crippen molar-refractivity contribution in [2.24, 2.45) is 5.41 Å². The van der Waals surface area contributed by atoms with Crippen LogP contribution in [0.1, 0.15) is 71.8 Å². The molecule has 0 aliphatic rings. The Morgan fingerprint density at radius 3 is 2.17 bits per heavy atom. The molecule has 4 heteroatoms. The van der Waals surface area contributed by atoms with E-state index >= 15 is 0 Å². The molecule has 0 bridgehead atoms. The normalized spacial score (nSPS) is 10.3. The molecule has 0 fully saturated rings. The molecule has 1 aromatic rings. The molecule has 0 saturated heterocycles. The first-order valence-electron chi connectivity index (χ1n) is 10.8. The lowest BCUT2D eigenvalue weighted by atomic mass is 9.78. The third-order valence-corrected chi connectivity index (χ3v) is 4.83. The fourth-order valence-electron chi connectivity index (χ4n) is 3.06. The highest BCUT2D eigenvalue weighted by Gasteiger charge is 2.48. The number of esters is 2. The summed E-state index contributed by atoms with van der Waals surface area (Å²) in [5, 5.41) is 0. The highest BCUT2D eigenvalue weighted by atomic mass is 16.6. The number of allylic oxidation sites excluding steroid dienone is 1. The zero-order valence-electron chi connectivity index (χ0n) is 18.8. The second-order valence-electron chi connectivity index (χ2n) is 7.03. The summed E-state index contributed by atoms with van der Waals surface area (Å²) in [6.07, 6.45) is 5.81. The summed E-state index contributed by atoms with van der Waals surface area (Å²) in [4.78, 5) is 25.7. The summed E-state index contributed by atoms with van der Waals surface area (Å²) in [5.41, 5.74) is 4.11. The number of hydrogen-bond acceptors (Lipinski definition) is 4. The van der Waals surface area contributed by atoms with Crippen molar-refractivity contribution in [2.45, 2.75) is 66.2 Å². The molecule has 0 amide bonds. The zero-order chi connectivity index (χ0) is 22.2. The maximum Gasteiger partial charge on any atom is 0.324 e. The van der Waals surface area contributed by atoms with Crippen LogP contribution >= 0.6 is 0 Å². The Labute approximate surface area is 181 Å². The molecule has 0 spiro atoms. The van der Waals surface area contributed by atoms with Crippen LogP contribution in [0.25, 0.3) is 6.08 Å². The van der Waals surface area contributed by atoms with E-state index in [0.717, 1.165) is 30.4 Å². The Morgan fingerprint density at radius 1 is 1.00 bits per heavy atom. The van der Waals surface area contributed by atoms with Crippen LogP contribution in [0, 0.1) is 17.3 Å². The molecular formula is C26H34O4. The first kappa shape index (κ1) is 25.3. The molecule has 0 heterocycles. The largest absolute Gasteiger partial charge is 0.465 e. The number of ether oxygens (including phenoxy) is 2. The van der Waals surface area contributed by atoms with E-state index in [1.165, 1.54) is 0 Å². The van der Waals surface area contributed by atoms with Gasteiger partial charge in [0.25, 0.3) is 0 Å². The predicted octanol–water partition coefficient (Wildman–Crippen LogP) is 5.72. The maximum atomic E-state index is 12.9.